The largest absolute Gasteiger partial charge is 0.351 e. The monoisotopic (exact) mass is 399 g/mol. The van der Waals surface area contributed by atoms with Crippen molar-refractivity contribution in [2.75, 3.05) is 31.9 Å². The first kappa shape index (κ1) is 20.2. The molecule has 0 unspecified atom stereocenters. The summed E-state index contributed by atoms with van der Waals surface area (Å²) in [5.74, 6) is -1.01. The van der Waals surface area contributed by atoms with E-state index in [-0.39, 0.29) is 27.1 Å². The highest BCUT2D eigenvalue weighted by atomic mass is 35.5. The van der Waals surface area contributed by atoms with Gasteiger partial charge in [-0.2, -0.15) is 0 Å². The maximum atomic E-state index is 13.2. The smallest absolute Gasteiger partial charge is 0.261 e. The van der Waals surface area contributed by atoms with Gasteiger partial charge in [0.1, 0.15) is 5.82 Å². The van der Waals surface area contributed by atoms with E-state index >= 15 is 0 Å². The standard InChI is InChI=1S/C17H19ClFN3O3S/c1-22(2)9-8-20-17(23)12-4-3-5-14(10-12)26(24,25)21-13-6-7-16(19)15(18)11-13/h3-7,10-11,21H,8-9H2,1-2H3,(H,20,23). The number of nitrogens with zero attached hydrogens (tertiary/aromatic N) is 1. The van der Waals surface area contributed by atoms with E-state index in [1.807, 2.05) is 19.0 Å². The average molecular weight is 400 g/mol. The summed E-state index contributed by atoms with van der Waals surface area (Å²) in [6, 6.07) is 9.14. The molecule has 0 aliphatic carbocycles. The molecule has 6 nitrogen and oxygen atoms in total. The molecule has 2 aromatic rings. The zero-order chi connectivity index (χ0) is 19.3. The number of benzene rings is 2. The summed E-state index contributed by atoms with van der Waals surface area (Å²) in [5, 5.41) is 2.52. The van der Waals surface area contributed by atoms with Gasteiger partial charge in [0.25, 0.3) is 15.9 Å². The third-order valence-electron chi connectivity index (χ3n) is 3.42. The molecule has 140 valence electrons. The van der Waals surface area contributed by atoms with Gasteiger partial charge in [-0.3, -0.25) is 9.52 Å². The Balaban J connectivity index is 2.16. The Morgan fingerprint density at radius 1 is 1.19 bits per heavy atom. The normalized spacial score (nSPS) is 11.4. The number of nitrogens with one attached hydrogen (secondary N) is 2. The third kappa shape index (κ3) is 5.42. The molecule has 0 bridgehead atoms. The zero-order valence-corrected chi connectivity index (χ0v) is 15.9. The van der Waals surface area contributed by atoms with Gasteiger partial charge in [0.05, 0.1) is 15.6 Å². The first-order valence-electron chi connectivity index (χ1n) is 7.70. The van der Waals surface area contributed by atoms with Crippen molar-refractivity contribution in [2.24, 2.45) is 0 Å². The molecular formula is C17H19ClFN3O3S. The molecule has 0 atom stereocenters. The van der Waals surface area contributed by atoms with Crippen LogP contribution in [0.4, 0.5) is 10.1 Å². The van der Waals surface area contributed by atoms with Crippen LogP contribution < -0.4 is 10.0 Å². The Labute approximate surface area is 157 Å². The number of likely N-dealkylation sites (N-methyl/N-ethyl adjacent to an activating group) is 1. The van der Waals surface area contributed by atoms with Crippen molar-refractivity contribution in [2.45, 2.75) is 4.90 Å². The molecule has 26 heavy (non-hydrogen) atoms. The van der Waals surface area contributed by atoms with E-state index in [2.05, 4.69) is 10.0 Å². The molecule has 0 fully saturated rings. The molecule has 2 N–H and O–H groups in total. The second kappa shape index (κ2) is 8.48. The van der Waals surface area contributed by atoms with Gasteiger partial charge in [-0.1, -0.05) is 17.7 Å². The van der Waals surface area contributed by atoms with Gasteiger partial charge < -0.3 is 10.2 Å². The molecule has 0 heterocycles. The molecule has 0 saturated heterocycles. The molecule has 0 aliphatic heterocycles. The molecule has 0 spiro atoms. The zero-order valence-electron chi connectivity index (χ0n) is 14.3. The van der Waals surface area contributed by atoms with Crippen molar-refractivity contribution >= 4 is 33.2 Å². The second-order valence-corrected chi connectivity index (χ2v) is 7.91. The SMILES string of the molecule is CN(C)CCNC(=O)c1cccc(S(=O)(=O)Nc2ccc(F)c(Cl)c2)c1. The summed E-state index contributed by atoms with van der Waals surface area (Å²) in [6.45, 7) is 1.10. The van der Waals surface area contributed by atoms with E-state index in [0.29, 0.717) is 13.1 Å². The van der Waals surface area contributed by atoms with Crippen LogP contribution >= 0.6 is 11.6 Å². The lowest BCUT2D eigenvalue weighted by atomic mass is 10.2. The molecule has 0 saturated carbocycles. The highest BCUT2D eigenvalue weighted by Gasteiger charge is 2.17. The Morgan fingerprint density at radius 2 is 1.92 bits per heavy atom. The first-order valence-corrected chi connectivity index (χ1v) is 9.56. The predicted molar refractivity (Wildman–Crippen MR) is 99.5 cm³/mol. The number of sulfonamides is 1. The van der Waals surface area contributed by atoms with E-state index < -0.39 is 15.8 Å². The van der Waals surface area contributed by atoms with Crippen LogP contribution in [0.15, 0.2) is 47.4 Å². The number of halogens is 2. The van der Waals surface area contributed by atoms with Gasteiger partial charge in [-0.15, -0.1) is 0 Å². The fraction of sp³-hybridized carbons (Fsp3) is 0.235. The van der Waals surface area contributed by atoms with Crippen LogP contribution in [0.1, 0.15) is 10.4 Å². The van der Waals surface area contributed by atoms with Crippen LogP contribution in [0.2, 0.25) is 5.02 Å². The highest BCUT2D eigenvalue weighted by Crippen LogP contribution is 2.22. The molecule has 9 heteroatoms. The van der Waals surface area contributed by atoms with E-state index in [1.54, 1.807) is 0 Å². The highest BCUT2D eigenvalue weighted by molar-refractivity contribution is 7.92. The number of carbonyl (C=O) groups is 1. The second-order valence-electron chi connectivity index (χ2n) is 5.82. The van der Waals surface area contributed by atoms with Crippen LogP contribution in [0.5, 0.6) is 0 Å². The maximum Gasteiger partial charge on any atom is 0.261 e. The Bertz CT molecular complexity index is 904. The van der Waals surface area contributed by atoms with Crippen LogP contribution in [0.3, 0.4) is 0 Å². The van der Waals surface area contributed by atoms with Crippen LogP contribution in [0, 0.1) is 5.82 Å². The number of rotatable bonds is 7. The van der Waals surface area contributed by atoms with Crippen molar-refractivity contribution in [1.29, 1.82) is 0 Å². The number of amides is 1. The van der Waals surface area contributed by atoms with Gasteiger partial charge in [-0.25, -0.2) is 12.8 Å². The molecular weight excluding hydrogens is 381 g/mol. The minimum absolute atomic E-state index is 0.0850. The Kier molecular flexibility index (Phi) is 6.57. The number of hydrogen-bond donors (Lipinski definition) is 2. The van der Waals surface area contributed by atoms with E-state index in [1.165, 1.54) is 36.4 Å². The Hall–Kier alpha value is -2.16. The number of anilines is 1. The Morgan fingerprint density at radius 3 is 2.58 bits per heavy atom. The average Bonchev–Trinajstić information content (AvgIpc) is 2.57. The number of carbonyl (C=O) groups excluding carboxylic acids is 1. The van der Waals surface area contributed by atoms with E-state index in [0.717, 1.165) is 6.07 Å². The van der Waals surface area contributed by atoms with Gasteiger partial charge in [0.15, 0.2) is 0 Å². The minimum Gasteiger partial charge on any atom is -0.351 e. The van der Waals surface area contributed by atoms with Crippen molar-refractivity contribution in [3.05, 3.63) is 58.9 Å². The fourth-order valence-electron chi connectivity index (χ4n) is 2.07. The molecule has 0 aromatic heterocycles. The van der Waals surface area contributed by atoms with Gasteiger partial charge in [-0.05, 0) is 50.5 Å². The summed E-state index contributed by atoms with van der Waals surface area (Å²) < 4.78 is 40.5. The summed E-state index contributed by atoms with van der Waals surface area (Å²) >= 11 is 5.66. The van der Waals surface area contributed by atoms with Crippen molar-refractivity contribution < 1.29 is 17.6 Å². The molecule has 2 aromatic carbocycles. The van der Waals surface area contributed by atoms with Gasteiger partial charge in [0, 0.05) is 18.7 Å². The van der Waals surface area contributed by atoms with Gasteiger partial charge in [0.2, 0.25) is 0 Å². The van der Waals surface area contributed by atoms with Crippen LogP contribution in [-0.2, 0) is 10.0 Å². The van der Waals surface area contributed by atoms with E-state index in [4.69, 9.17) is 11.6 Å². The first-order chi connectivity index (χ1) is 12.2. The minimum atomic E-state index is -3.95. The third-order valence-corrected chi connectivity index (χ3v) is 5.09. The molecule has 2 rings (SSSR count). The van der Waals surface area contributed by atoms with Crippen LogP contribution in [0.25, 0.3) is 0 Å². The molecule has 0 aliphatic rings. The van der Waals surface area contributed by atoms with Crippen molar-refractivity contribution in [3.63, 3.8) is 0 Å². The van der Waals surface area contributed by atoms with Crippen molar-refractivity contribution in [1.82, 2.24) is 10.2 Å². The van der Waals surface area contributed by atoms with Crippen molar-refractivity contribution in [3.8, 4) is 0 Å². The van der Waals surface area contributed by atoms with E-state index in [9.17, 15) is 17.6 Å². The number of hydrogen-bond acceptors (Lipinski definition) is 4. The molecule has 0 radical (unpaired) electrons. The topological polar surface area (TPSA) is 78.5 Å². The summed E-state index contributed by atoms with van der Waals surface area (Å²) in [7, 11) is -0.189. The summed E-state index contributed by atoms with van der Waals surface area (Å²) in [5.41, 5.74) is 0.348. The van der Waals surface area contributed by atoms with Crippen LogP contribution in [-0.4, -0.2) is 46.4 Å². The summed E-state index contributed by atoms with van der Waals surface area (Å²) in [6.07, 6.45) is 0. The quantitative estimate of drug-likeness (QED) is 0.750. The lowest BCUT2D eigenvalue weighted by Gasteiger charge is -2.12. The lowest BCUT2D eigenvalue weighted by Crippen LogP contribution is -2.31. The molecule has 1 amide bonds. The van der Waals surface area contributed by atoms with Gasteiger partial charge >= 0.3 is 0 Å². The predicted octanol–water partition coefficient (Wildman–Crippen LogP) is 2.57. The fourth-order valence-corrected chi connectivity index (χ4v) is 3.35. The maximum absolute atomic E-state index is 13.2. The summed E-state index contributed by atoms with van der Waals surface area (Å²) in [4.78, 5) is 14.0. The lowest BCUT2D eigenvalue weighted by molar-refractivity contribution is 0.0951.